The van der Waals surface area contributed by atoms with Gasteiger partial charge in [-0.1, -0.05) is 6.08 Å². The maximum Gasteiger partial charge on any atom is 0.253 e. The van der Waals surface area contributed by atoms with Gasteiger partial charge < -0.3 is 10.6 Å². The van der Waals surface area contributed by atoms with Crippen LogP contribution < -0.4 is 10.6 Å². The van der Waals surface area contributed by atoms with Crippen LogP contribution in [0.4, 0.5) is 5.82 Å². The zero-order valence-corrected chi connectivity index (χ0v) is 11.6. The second kappa shape index (κ2) is 7.76. The highest BCUT2D eigenvalue weighted by atomic mass is 32.2. The molecule has 0 aromatic carbocycles. The topological polar surface area (TPSA) is 54.0 Å². The number of nitrogens with one attached hydrogen (secondary N) is 2. The fraction of sp³-hybridized carbons (Fsp3) is 0.385. The second-order valence-corrected chi connectivity index (χ2v) is 4.84. The molecule has 0 spiro atoms. The van der Waals surface area contributed by atoms with Gasteiger partial charge in [-0.25, -0.2) is 4.98 Å². The molecule has 2 N–H and O–H groups in total. The van der Waals surface area contributed by atoms with Crippen molar-refractivity contribution >= 4 is 23.5 Å². The Labute approximate surface area is 112 Å². The minimum absolute atomic E-state index is 0.133. The van der Waals surface area contributed by atoms with Gasteiger partial charge in [0.15, 0.2) is 0 Å². The Balaban J connectivity index is 2.56. The SMILES string of the molecule is C=CCNC(=O)c1ccc(NC(C)CSC)nc1. The number of carbonyl (C=O) groups excluding carboxylic acids is 1. The van der Waals surface area contributed by atoms with Crippen molar-refractivity contribution in [3.63, 3.8) is 0 Å². The Kier molecular flexibility index (Phi) is 6.28. The van der Waals surface area contributed by atoms with E-state index in [-0.39, 0.29) is 5.91 Å². The molecule has 1 amide bonds. The van der Waals surface area contributed by atoms with Crippen molar-refractivity contribution in [1.82, 2.24) is 10.3 Å². The van der Waals surface area contributed by atoms with E-state index in [1.807, 2.05) is 6.07 Å². The van der Waals surface area contributed by atoms with Crippen molar-refractivity contribution in [3.8, 4) is 0 Å². The van der Waals surface area contributed by atoms with Crippen LogP contribution in [-0.2, 0) is 0 Å². The van der Waals surface area contributed by atoms with E-state index >= 15 is 0 Å². The summed E-state index contributed by atoms with van der Waals surface area (Å²) in [6, 6.07) is 3.94. The molecular weight excluding hydrogens is 246 g/mol. The number of amides is 1. The molecule has 1 rings (SSSR count). The lowest BCUT2D eigenvalue weighted by atomic mass is 10.2. The maximum atomic E-state index is 11.6. The number of rotatable bonds is 7. The van der Waals surface area contributed by atoms with Crippen LogP contribution in [0.15, 0.2) is 31.0 Å². The lowest BCUT2D eigenvalue weighted by molar-refractivity contribution is 0.0957. The number of hydrogen-bond acceptors (Lipinski definition) is 4. The minimum atomic E-state index is -0.133. The molecule has 1 unspecified atom stereocenters. The number of thioether (sulfide) groups is 1. The van der Waals surface area contributed by atoms with Crippen LogP contribution in [0.5, 0.6) is 0 Å². The summed E-state index contributed by atoms with van der Waals surface area (Å²) in [5.41, 5.74) is 0.555. The monoisotopic (exact) mass is 265 g/mol. The third-order valence-electron chi connectivity index (χ3n) is 2.24. The molecule has 0 radical (unpaired) electrons. The normalized spacial score (nSPS) is 11.7. The summed E-state index contributed by atoms with van der Waals surface area (Å²) >= 11 is 1.78. The fourth-order valence-electron chi connectivity index (χ4n) is 1.42. The number of nitrogens with zero attached hydrogens (tertiary/aromatic N) is 1. The van der Waals surface area contributed by atoms with Gasteiger partial charge in [-0.2, -0.15) is 11.8 Å². The Morgan fingerprint density at radius 1 is 1.61 bits per heavy atom. The molecule has 1 aromatic heterocycles. The second-order valence-electron chi connectivity index (χ2n) is 3.93. The highest BCUT2D eigenvalue weighted by Gasteiger charge is 2.06. The number of pyridine rings is 1. The molecule has 5 heteroatoms. The van der Waals surface area contributed by atoms with Crippen LogP contribution in [0.2, 0.25) is 0 Å². The highest BCUT2D eigenvalue weighted by molar-refractivity contribution is 7.98. The molecule has 98 valence electrons. The van der Waals surface area contributed by atoms with Crippen molar-refractivity contribution in [2.75, 3.05) is 23.9 Å². The van der Waals surface area contributed by atoms with Crippen molar-refractivity contribution in [2.24, 2.45) is 0 Å². The van der Waals surface area contributed by atoms with E-state index in [2.05, 4.69) is 35.4 Å². The van der Waals surface area contributed by atoms with Crippen LogP contribution >= 0.6 is 11.8 Å². The van der Waals surface area contributed by atoms with Crippen LogP contribution in [-0.4, -0.2) is 35.5 Å². The summed E-state index contributed by atoms with van der Waals surface area (Å²) in [6.07, 6.45) is 5.29. The number of hydrogen-bond donors (Lipinski definition) is 2. The molecular formula is C13H19N3OS. The van der Waals surface area contributed by atoms with Gasteiger partial charge in [0.1, 0.15) is 5.82 Å². The quantitative estimate of drug-likeness (QED) is 0.742. The van der Waals surface area contributed by atoms with Gasteiger partial charge in [-0.15, -0.1) is 6.58 Å². The van der Waals surface area contributed by atoms with Gasteiger partial charge in [0.2, 0.25) is 0 Å². The van der Waals surface area contributed by atoms with Gasteiger partial charge >= 0.3 is 0 Å². The third kappa shape index (κ3) is 4.79. The standard InChI is InChI=1S/C13H19N3OS/c1-4-7-14-13(17)11-5-6-12(15-8-11)16-10(2)9-18-3/h4-6,8,10H,1,7,9H2,2-3H3,(H,14,17)(H,15,16). The van der Waals surface area contributed by atoms with Crippen LogP contribution in [0.1, 0.15) is 17.3 Å². The zero-order chi connectivity index (χ0) is 13.4. The molecule has 1 aromatic rings. The van der Waals surface area contributed by atoms with Crippen LogP contribution in [0.25, 0.3) is 0 Å². The zero-order valence-electron chi connectivity index (χ0n) is 10.8. The lowest BCUT2D eigenvalue weighted by Crippen LogP contribution is -2.23. The van der Waals surface area contributed by atoms with Crippen molar-refractivity contribution in [1.29, 1.82) is 0 Å². The molecule has 0 saturated carbocycles. The Hall–Kier alpha value is -1.49. The van der Waals surface area contributed by atoms with E-state index in [1.54, 1.807) is 30.1 Å². The van der Waals surface area contributed by atoms with Crippen molar-refractivity contribution in [2.45, 2.75) is 13.0 Å². The first-order valence-electron chi connectivity index (χ1n) is 5.78. The molecule has 4 nitrogen and oxygen atoms in total. The fourth-order valence-corrected chi connectivity index (χ4v) is 2.01. The van der Waals surface area contributed by atoms with E-state index < -0.39 is 0 Å². The van der Waals surface area contributed by atoms with E-state index in [9.17, 15) is 4.79 Å². The molecule has 18 heavy (non-hydrogen) atoms. The molecule has 0 aliphatic rings. The van der Waals surface area contributed by atoms with E-state index in [1.165, 1.54) is 0 Å². The van der Waals surface area contributed by atoms with Crippen molar-refractivity contribution < 1.29 is 4.79 Å². The average Bonchev–Trinajstić information content (AvgIpc) is 2.37. The lowest BCUT2D eigenvalue weighted by Gasteiger charge is -2.13. The largest absolute Gasteiger partial charge is 0.367 e. The highest BCUT2D eigenvalue weighted by Crippen LogP contribution is 2.08. The van der Waals surface area contributed by atoms with Gasteiger partial charge in [0, 0.05) is 24.5 Å². The predicted octanol–water partition coefficient (Wildman–Crippen LogP) is 2.16. The van der Waals surface area contributed by atoms with Crippen LogP contribution in [0.3, 0.4) is 0 Å². The van der Waals surface area contributed by atoms with Gasteiger partial charge in [0.25, 0.3) is 5.91 Å². The molecule has 0 bridgehead atoms. The first-order valence-corrected chi connectivity index (χ1v) is 7.17. The average molecular weight is 265 g/mol. The molecule has 0 aliphatic carbocycles. The summed E-state index contributed by atoms with van der Waals surface area (Å²) in [4.78, 5) is 15.8. The van der Waals surface area contributed by atoms with Gasteiger partial charge in [-0.05, 0) is 25.3 Å². The molecule has 0 fully saturated rings. The summed E-state index contributed by atoms with van der Waals surface area (Å²) < 4.78 is 0. The first kappa shape index (κ1) is 14.6. The van der Waals surface area contributed by atoms with E-state index in [4.69, 9.17) is 0 Å². The number of carbonyl (C=O) groups is 1. The molecule has 1 heterocycles. The smallest absolute Gasteiger partial charge is 0.253 e. The molecule has 0 saturated heterocycles. The first-order chi connectivity index (χ1) is 8.67. The Bertz CT molecular complexity index is 392. The summed E-state index contributed by atoms with van der Waals surface area (Å²) in [5, 5.41) is 5.98. The third-order valence-corrected chi connectivity index (χ3v) is 3.08. The molecule has 0 aliphatic heterocycles. The van der Waals surface area contributed by atoms with E-state index in [0.717, 1.165) is 11.6 Å². The number of aromatic nitrogens is 1. The Morgan fingerprint density at radius 2 is 2.39 bits per heavy atom. The predicted molar refractivity (Wildman–Crippen MR) is 78.2 cm³/mol. The summed E-state index contributed by atoms with van der Waals surface area (Å²) in [7, 11) is 0. The van der Waals surface area contributed by atoms with Gasteiger partial charge in [-0.3, -0.25) is 4.79 Å². The minimum Gasteiger partial charge on any atom is -0.367 e. The van der Waals surface area contributed by atoms with Crippen LogP contribution in [0, 0.1) is 0 Å². The summed E-state index contributed by atoms with van der Waals surface area (Å²) in [6.45, 7) is 6.11. The van der Waals surface area contributed by atoms with E-state index in [0.29, 0.717) is 18.2 Å². The van der Waals surface area contributed by atoms with Crippen molar-refractivity contribution in [3.05, 3.63) is 36.5 Å². The maximum absolute atomic E-state index is 11.6. The summed E-state index contributed by atoms with van der Waals surface area (Å²) in [5.74, 6) is 1.67. The molecule has 1 atom stereocenters. The number of anilines is 1. The van der Waals surface area contributed by atoms with Gasteiger partial charge in [0.05, 0.1) is 5.56 Å². The Morgan fingerprint density at radius 3 is 2.94 bits per heavy atom.